The molecule has 1 unspecified atom stereocenters. The Balaban J connectivity index is 2.05. The molecule has 20 heavy (non-hydrogen) atoms. The van der Waals surface area contributed by atoms with Gasteiger partial charge in [-0.05, 0) is 31.5 Å². The first-order valence-corrected chi connectivity index (χ1v) is 6.61. The molecule has 0 aromatic heterocycles. The van der Waals surface area contributed by atoms with Gasteiger partial charge in [0.05, 0.1) is 13.2 Å². The van der Waals surface area contributed by atoms with E-state index < -0.39 is 6.04 Å². The lowest BCUT2D eigenvalue weighted by atomic mass is 10.1. The van der Waals surface area contributed by atoms with E-state index in [-0.39, 0.29) is 18.4 Å². The van der Waals surface area contributed by atoms with Gasteiger partial charge in [-0.1, -0.05) is 0 Å². The van der Waals surface area contributed by atoms with Crippen molar-refractivity contribution >= 4 is 17.5 Å². The van der Waals surface area contributed by atoms with Crippen molar-refractivity contribution in [3.05, 3.63) is 23.8 Å². The van der Waals surface area contributed by atoms with Gasteiger partial charge < -0.3 is 20.5 Å². The lowest BCUT2D eigenvalue weighted by Crippen LogP contribution is -2.37. The number of anilines is 1. The second kappa shape index (κ2) is 6.38. The summed E-state index contributed by atoms with van der Waals surface area (Å²) in [6.07, 6.45) is 0.887. The predicted molar refractivity (Wildman–Crippen MR) is 73.3 cm³/mol. The van der Waals surface area contributed by atoms with Crippen molar-refractivity contribution in [1.82, 2.24) is 5.32 Å². The first kappa shape index (κ1) is 14.3. The topological polar surface area (TPSA) is 87.7 Å². The number of hydrogen-bond donors (Lipinski definition) is 3. The number of aliphatic hydroxyl groups excluding tert-OH is 1. The molecule has 0 aliphatic carbocycles. The van der Waals surface area contributed by atoms with Gasteiger partial charge in [0.2, 0.25) is 11.8 Å². The summed E-state index contributed by atoms with van der Waals surface area (Å²) in [7, 11) is 0. The van der Waals surface area contributed by atoms with E-state index in [2.05, 4.69) is 10.6 Å². The van der Waals surface area contributed by atoms with Gasteiger partial charge >= 0.3 is 0 Å². The van der Waals surface area contributed by atoms with E-state index in [1.165, 1.54) is 0 Å². The highest BCUT2D eigenvalue weighted by atomic mass is 16.5. The van der Waals surface area contributed by atoms with Crippen molar-refractivity contribution in [2.45, 2.75) is 32.4 Å². The summed E-state index contributed by atoms with van der Waals surface area (Å²) in [5, 5.41) is 14.6. The van der Waals surface area contributed by atoms with Gasteiger partial charge in [0, 0.05) is 17.7 Å². The number of ether oxygens (including phenoxy) is 1. The molecule has 1 fully saturated rings. The molecule has 3 N–H and O–H groups in total. The van der Waals surface area contributed by atoms with Gasteiger partial charge in [-0.15, -0.1) is 0 Å². The minimum Gasteiger partial charge on any atom is -0.494 e. The van der Waals surface area contributed by atoms with Gasteiger partial charge in [0.25, 0.3) is 0 Å². The van der Waals surface area contributed by atoms with Crippen molar-refractivity contribution in [2.75, 3.05) is 11.9 Å². The van der Waals surface area contributed by atoms with Crippen LogP contribution in [0.2, 0.25) is 0 Å². The zero-order chi connectivity index (χ0) is 14.5. The Bertz CT molecular complexity index is 516. The second-order valence-corrected chi connectivity index (χ2v) is 4.56. The molecular weight excluding hydrogens is 260 g/mol. The summed E-state index contributed by atoms with van der Waals surface area (Å²) >= 11 is 0. The van der Waals surface area contributed by atoms with Gasteiger partial charge in [-0.3, -0.25) is 9.59 Å². The molecule has 0 saturated carbocycles. The number of hydrogen-bond acceptors (Lipinski definition) is 4. The summed E-state index contributed by atoms with van der Waals surface area (Å²) < 4.78 is 5.37. The van der Waals surface area contributed by atoms with Crippen LogP contribution < -0.4 is 15.4 Å². The number of aliphatic hydroxyl groups is 1. The molecule has 1 aliphatic rings. The first-order valence-electron chi connectivity index (χ1n) is 6.61. The van der Waals surface area contributed by atoms with E-state index in [9.17, 15) is 14.7 Å². The fourth-order valence-electron chi connectivity index (χ4n) is 2.12. The molecule has 1 heterocycles. The zero-order valence-corrected chi connectivity index (χ0v) is 11.3. The highest BCUT2D eigenvalue weighted by molar-refractivity contribution is 5.99. The van der Waals surface area contributed by atoms with Gasteiger partial charge in [-0.25, -0.2) is 0 Å². The zero-order valence-electron chi connectivity index (χ0n) is 11.3. The molecule has 6 nitrogen and oxygen atoms in total. The molecule has 0 spiro atoms. The highest BCUT2D eigenvalue weighted by Crippen LogP contribution is 2.23. The number of nitrogens with one attached hydrogen (secondary N) is 2. The van der Waals surface area contributed by atoms with Crippen LogP contribution in [0.25, 0.3) is 0 Å². The minimum atomic E-state index is -0.480. The van der Waals surface area contributed by atoms with Crippen molar-refractivity contribution in [1.29, 1.82) is 0 Å². The van der Waals surface area contributed by atoms with E-state index >= 15 is 0 Å². The fourth-order valence-corrected chi connectivity index (χ4v) is 2.12. The van der Waals surface area contributed by atoms with Crippen LogP contribution in [0.5, 0.6) is 5.75 Å². The number of benzene rings is 1. The van der Waals surface area contributed by atoms with Crippen molar-refractivity contribution in [2.24, 2.45) is 0 Å². The quantitative estimate of drug-likeness (QED) is 0.743. The van der Waals surface area contributed by atoms with Crippen LogP contribution in [0, 0.1) is 0 Å². The van der Waals surface area contributed by atoms with Crippen LogP contribution in [0.4, 0.5) is 5.69 Å². The number of carbonyl (C=O) groups excluding carboxylic acids is 2. The van der Waals surface area contributed by atoms with Gasteiger partial charge in [0.15, 0.2) is 0 Å². The lowest BCUT2D eigenvalue weighted by molar-refractivity contribution is -0.122. The minimum absolute atomic E-state index is 0.104. The molecule has 0 bridgehead atoms. The van der Waals surface area contributed by atoms with Crippen molar-refractivity contribution < 1.29 is 19.4 Å². The number of amides is 2. The Morgan fingerprint density at radius 2 is 2.35 bits per heavy atom. The number of rotatable bonds is 5. The maximum Gasteiger partial charge on any atom is 0.246 e. The SMILES string of the molecule is CCOc1ccc(NC(=O)C2CCC(=O)N2)cc1CO. The van der Waals surface area contributed by atoms with Crippen LogP contribution >= 0.6 is 0 Å². The molecule has 1 aliphatic heterocycles. The molecule has 108 valence electrons. The average molecular weight is 278 g/mol. The third-order valence-electron chi connectivity index (χ3n) is 3.11. The molecule has 6 heteroatoms. The van der Waals surface area contributed by atoms with Crippen molar-refractivity contribution in [3.8, 4) is 5.75 Å². The van der Waals surface area contributed by atoms with E-state index in [4.69, 9.17) is 4.74 Å². The maximum absolute atomic E-state index is 12.0. The molecule has 1 aromatic carbocycles. The molecule has 1 aromatic rings. The lowest BCUT2D eigenvalue weighted by Gasteiger charge is -2.13. The molecule has 2 amide bonds. The first-order chi connectivity index (χ1) is 9.63. The van der Waals surface area contributed by atoms with E-state index in [1.807, 2.05) is 6.92 Å². The molecule has 1 atom stereocenters. The summed E-state index contributed by atoms with van der Waals surface area (Å²) in [6.45, 7) is 2.20. The largest absolute Gasteiger partial charge is 0.494 e. The standard InChI is InChI=1S/C14H18N2O4/c1-2-20-12-5-3-10(7-9(12)8-17)15-14(19)11-4-6-13(18)16-11/h3,5,7,11,17H,2,4,6,8H2,1H3,(H,15,19)(H,16,18). The Labute approximate surface area is 117 Å². The van der Waals surface area contributed by atoms with Crippen LogP contribution in [0.15, 0.2) is 18.2 Å². The average Bonchev–Trinajstić information content (AvgIpc) is 2.87. The van der Waals surface area contributed by atoms with Gasteiger partial charge in [0.1, 0.15) is 11.8 Å². The van der Waals surface area contributed by atoms with Crippen LogP contribution in [-0.4, -0.2) is 29.6 Å². The Morgan fingerprint density at radius 1 is 1.55 bits per heavy atom. The Kier molecular flexibility index (Phi) is 4.57. The summed E-state index contributed by atoms with van der Waals surface area (Å²) in [6, 6.07) is 4.60. The van der Waals surface area contributed by atoms with Gasteiger partial charge in [-0.2, -0.15) is 0 Å². The summed E-state index contributed by atoms with van der Waals surface area (Å²) in [5.41, 5.74) is 1.18. The second-order valence-electron chi connectivity index (χ2n) is 4.56. The van der Waals surface area contributed by atoms with Crippen LogP contribution in [0.1, 0.15) is 25.3 Å². The molecule has 2 rings (SSSR count). The van der Waals surface area contributed by atoms with E-state index in [0.29, 0.717) is 36.4 Å². The maximum atomic E-state index is 12.0. The number of carbonyl (C=O) groups is 2. The Hall–Kier alpha value is -2.08. The monoisotopic (exact) mass is 278 g/mol. The Morgan fingerprint density at radius 3 is 2.95 bits per heavy atom. The smallest absolute Gasteiger partial charge is 0.246 e. The normalized spacial score (nSPS) is 17.7. The van der Waals surface area contributed by atoms with Crippen LogP contribution in [-0.2, 0) is 16.2 Å². The van der Waals surface area contributed by atoms with E-state index in [0.717, 1.165) is 0 Å². The fraction of sp³-hybridized carbons (Fsp3) is 0.429. The van der Waals surface area contributed by atoms with E-state index in [1.54, 1.807) is 18.2 Å². The van der Waals surface area contributed by atoms with Crippen LogP contribution in [0.3, 0.4) is 0 Å². The third-order valence-corrected chi connectivity index (χ3v) is 3.11. The third kappa shape index (κ3) is 3.27. The summed E-state index contributed by atoms with van der Waals surface area (Å²) in [4.78, 5) is 23.0. The van der Waals surface area contributed by atoms with Crippen molar-refractivity contribution in [3.63, 3.8) is 0 Å². The molecule has 1 saturated heterocycles. The highest BCUT2D eigenvalue weighted by Gasteiger charge is 2.27. The summed E-state index contributed by atoms with van der Waals surface area (Å²) in [5.74, 6) is 0.249. The molecular formula is C14H18N2O4. The predicted octanol–water partition coefficient (Wildman–Crippen LogP) is 0.795. The molecule has 0 radical (unpaired) electrons.